The van der Waals surface area contributed by atoms with E-state index in [-0.39, 0.29) is 0 Å². The van der Waals surface area contributed by atoms with Gasteiger partial charge < -0.3 is 0 Å². The molecule has 14 heavy (non-hydrogen) atoms. The lowest BCUT2D eigenvalue weighted by atomic mass is 9.91. The average Bonchev–Trinajstić information content (AvgIpc) is 2.16. The molecule has 82 valence electrons. The van der Waals surface area contributed by atoms with Crippen LogP contribution in [0.15, 0.2) is 0 Å². The molecule has 0 aromatic carbocycles. The second kappa shape index (κ2) is 8.05. The van der Waals surface area contributed by atoms with Crippen molar-refractivity contribution in [2.45, 2.75) is 70.8 Å². The van der Waals surface area contributed by atoms with Gasteiger partial charge in [-0.1, -0.05) is 46.5 Å². The summed E-state index contributed by atoms with van der Waals surface area (Å²) >= 11 is 0. The molecule has 0 saturated carbocycles. The highest BCUT2D eigenvalue weighted by molar-refractivity contribution is 6.49. The van der Waals surface area contributed by atoms with E-state index >= 15 is 0 Å². The van der Waals surface area contributed by atoms with Crippen molar-refractivity contribution in [3.05, 3.63) is 0 Å². The molecule has 0 atom stereocenters. The van der Waals surface area contributed by atoms with Crippen molar-refractivity contribution >= 4 is 9.52 Å². The lowest BCUT2D eigenvalue weighted by Gasteiger charge is -2.30. The molecule has 0 fully saturated rings. The second-order valence-electron chi connectivity index (χ2n) is 4.44. The van der Waals surface area contributed by atoms with Crippen molar-refractivity contribution in [3.8, 4) is 5.69 Å². The van der Waals surface area contributed by atoms with Crippen LogP contribution < -0.4 is 0 Å². The Bertz CT molecular complexity index is 166. The summed E-state index contributed by atoms with van der Waals surface area (Å²) in [6.45, 7) is 6.75. The number of nitrogens with zero attached hydrogens (tertiary/aromatic N) is 1. The number of unbranched alkanes of at least 4 members (excludes halogenated alkanes) is 1. The summed E-state index contributed by atoms with van der Waals surface area (Å²) in [7, 11) is -0.508. The highest BCUT2D eigenvalue weighted by Crippen LogP contribution is 2.41. The largest absolute Gasteiger partial charge is 0.207 e. The molecule has 0 spiro atoms. The van der Waals surface area contributed by atoms with Gasteiger partial charge in [0.15, 0.2) is 0 Å². The third kappa shape index (κ3) is 4.81. The topological polar surface area (TPSA) is 23.8 Å². The van der Waals surface area contributed by atoms with Crippen LogP contribution in [0.5, 0.6) is 0 Å². The summed E-state index contributed by atoms with van der Waals surface area (Å²) in [6, 6.07) is 0. The first kappa shape index (κ1) is 13.7. The highest BCUT2D eigenvalue weighted by Gasteiger charge is 2.27. The van der Waals surface area contributed by atoms with Crippen molar-refractivity contribution in [2.24, 2.45) is 0 Å². The van der Waals surface area contributed by atoms with Gasteiger partial charge in [-0.05, 0) is 24.3 Å². The third-order valence-electron chi connectivity index (χ3n) is 3.08. The maximum absolute atomic E-state index is 8.97. The summed E-state index contributed by atoms with van der Waals surface area (Å²) in [5.41, 5.74) is 2.53. The molecule has 0 aliphatic heterocycles. The van der Waals surface area contributed by atoms with Crippen molar-refractivity contribution < 1.29 is 0 Å². The maximum Gasteiger partial charge on any atom is 0.148 e. The normalized spacial score (nSPS) is 12.1. The number of hydrogen-bond acceptors (Lipinski definition) is 1. The summed E-state index contributed by atoms with van der Waals surface area (Å²) < 4.78 is 0. The van der Waals surface area contributed by atoms with E-state index in [1.807, 2.05) is 0 Å². The van der Waals surface area contributed by atoms with Crippen molar-refractivity contribution in [1.82, 2.24) is 0 Å². The fraction of sp³-hybridized carbons (Fsp3) is 0.917. The van der Waals surface area contributed by atoms with Crippen molar-refractivity contribution in [3.63, 3.8) is 0 Å². The van der Waals surface area contributed by atoms with Gasteiger partial charge in [0, 0.05) is 5.69 Å². The molecular weight excluding hydrogens is 186 g/mol. The van der Waals surface area contributed by atoms with E-state index < -0.39 is 9.52 Å². The quantitative estimate of drug-likeness (QED) is 0.563. The zero-order chi connectivity index (χ0) is 10.9. The van der Waals surface area contributed by atoms with Crippen LogP contribution in [0.25, 0.3) is 0 Å². The predicted octanol–water partition coefficient (Wildman–Crippen LogP) is 3.59. The first-order valence-corrected chi connectivity index (χ1v) is 7.53. The van der Waals surface area contributed by atoms with Gasteiger partial charge >= 0.3 is 0 Å². The van der Waals surface area contributed by atoms with Crippen molar-refractivity contribution in [2.75, 3.05) is 0 Å². The van der Waals surface area contributed by atoms with Gasteiger partial charge in [0.25, 0.3) is 0 Å². The minimum absolute atomic E-state index is 0.480. The molecule has 0 saturated heterocycles. The number of rotatable bonds is 8. The molecule has 0 heterocycles. The van der Waals surface area contributed by atoms with Crippen LogP contribution >= 0.6 is 0 Å². The Morgan fingerprint density at radius 1 is 1.00 bits per heavy atom. The van der Waals surface area contributed by atoms with Gasteiger partial charge in [0.05, 0.1) is 0 Å². The van der Waals surface area contributed by atoms with Crippen LogP contribution in [0.4, 0.5) is 0 Å². The van der Waals surface area contributed by atoms with E-state index in [9.17, 15) is 0 Å². The molecule has 0 rings (SSSR count). The minimum Gasteiger partial charge on any atom is -0.207 e. The van der Waals surface area contributed by atoms with E-state index in [4.69, 9.17) is 5.26 Å². The van der Waals surface area contributed by atoms with Gasteiger partial charge in [0.1, 0.15) is 9.52 Å². The van der Waals surface area contributed by atoms with Gasteiger partial charge in [-0.2, -0.15) is 0 Å². The van der Waals surface area contributed by atoms with E-state index in [0.717, 1.165) is 0 Å². The van der Waals surface area contributed by atoms with Gasteiger partial charge in [-0.25, -0.2) is 5.26 Å². The van der Waals surface area contributed by atoms with E-state index in [1.54, 1.807) is 0 Å². The molecule has 0 aromatic rings. The fourth-order valence-corrected chi connectivity index (χ4v) is 4.24. The monoisotopic (exact) mass is 211 g/mol. The molecule has 0 aliphatic carbocycles. The first-order chi connectivity index (χ1) is 6.74. The van der Waals surface area contributed by atoms with Crippen LogP contribution in [-0.4, -0.2) is 9.52 Å². The molecule has 1 nitrogen and oxygen atoms in total. The second-order valence-corrected chi connectivity index (χ2v) is 6.61. The zero-order valence-corrected chi connectivity index (χ0v) is 11.5. The standard InChI is InChI=1S/C12H25NSi/c1-4-7-10-12(8-5-2,9-6-3)14-11-13/h4-10,14H2,1-3H3. The minimum atomic E-state index is -0.508. The molecule has 2 heteroatoms. The van der Waals surface area contributed by atoms with Gasteiger partial charge in [-0.3, -0.25) is 0 Å². The highest BCUT2D eigenvalue weighted by atomic mass is 28.2. The number of hydrogen-bond donors (Lipinski definition) is 0. The molecule has 0 aromatic heterocycles. The van der Waals surface area contributed by atoms with E-state index in [2.05, 4.69) is 26.5 Å². The first-order valence-electron chi connectivity index (χ1n) is 6.11. The van der Waals surface area contributed by atoms with E-state index in [0.29, 0.717) is 5.04 Å². The molecular formula is C12H25NSi. The van der Waals surface area contributed by atoms with Crippen LogP contribution in [0.3, 0.4) is 0 Å². The molecule has 0 bridgehead atoms. The summed E-state index contributed by atoms with van der Waals surface area (Å²) in [5.74, 6) is 0. The van der Waals surface area contributed by atoms with Gasteiger partial charge in [-0.15, -0.1) is 0 Å². The molecule has 0 unspecified atom stereocenters. The van der Waals surface area contributed by atoms with Crippen molar-refractivity contribution in [1.29, 1.82) is 5.26 Å². The average molecular weight is 211 g/mol. The molecule has 0 N–H and O–H groups in total. The van der Waals surface area contributed by atoms with Crippen LogP contribution in [0, 0.1) is 11.0 Å². The Labute approximate surface area is 91.7 Å². The Balaban J connectivity index is 4.31. The fourth-order valence-electron chi connectivity index (χ4n) is 2.42. The van der Waals surface area contributed by atoms with Crippen LogP contribution in [0.1, 0.15) is 65.7 Å². The Morgan fingerprint density at radius 3 is 1.93 bits per heavy atom. The Hall–Kier alpha value is -0.293. The summed E-state index contributed by atoms with van der Waals surface area (Å²) in [5, 5.41) is 9.45. The van der Waals surface area contributed by atoms with Crippen LogP contribution in [-0.2, 0) is 0 Å². The predicted molar refractivity (Wildman–Crippen MR) is 66.2 cm³/mol. The number of nitriles is 1. The molecule has 0 aliphatic rings. The SMILES string of the molecule is CCCCC(CCC)(CCC)[SiH2]C#N. The van der Waals surface area contributed by atoms with E-state index in [1.165, 1.54) is 44.9 Å². The summed E-state index contributed by atoms with van der Waals surface area (Å²) in [4.78, 5) is 0. The van der Waals surface area contributed by atoms with Gasteiger partial charge in [0.2, 0.25) is 0 Å². The maximum atomic E-state index is 8.97. The lowest BCUT2D eigenvalue weighted by molar-refractivity contribution is 0.418. The molecule has 0 amide bonds. The lowest BCUT2D eigenvalue weighted by Crippen LogP contribution is -2.20. The third-order valence-corrected chi connectivity index (χ3v) is 5.04. The Morgan fingerprint density at radius 2 is 1.57 bits per heavy atom. The smallest absolute Gasteiger partial charge is 0.148 e. The van der Waals surface area contributed by atoms with Crippen LogP contribution in [0.2, 0.25) is 5.04 Å². The Kier molecular flexibility index (Phi) is 7.88. The summed E-state index contributed by atoms with van der Waals surface area (Å²) in [6.07, 6.45) is 8.98. The molecule has 0 radical (unpaired) electrons. The zero-order valence-electron chi connectivity index (χ0n) is 10.1.